The number of benzene rings is 1. The third-order valence-electron chi connectivity index (χ3n) is 6.35. The summed E-state index contributed by atoms with van der Waals surface area (Å²) >= 11 is 4.69. The van der Waals surface area contributed by atoms with E-state index >= 15 is 0 Å². The summed E-state index contributed by atoms with van der Waals surface area (Å²) in [6.07, 6.45) is 2.60. The van der Waals surface area contributed by atoms with Crippen LogP contribution in [0.2, 0.25) is 0 Å². The predicted octanol–water partition coefficient (Wildman–Crippen LogP) is 3.82. The van der Waals surface area contributed by atoms with Gasteiger partial charge in [0, 0.05) is 42.1 Å². The van der Waals surface area contributed by atoms with E-state index in [2.05, 4.69) is 23.1 Å². The summed E-state index contributed by atoms with van der Waals surface area (Å²) in [5.41, 5.74) is 1.16. The summed E-state index contributed by atoms with van der Waals surface area (Å²) < 4.78 is 21.0. The second kappa shape index (κ2) is 8.59. The molecule has 2 saturated heterocycles. The Bertz CT molecular complexity index is 1020. The zero-order chi connectivity index (χ0) is 23.2. The molecule has 0 saturated carbocycles. The Labute approximate surface area is 193 Å². The first-order chi connectivity index (χ1) is 15.1. The number of aromatic nitrogens is 1. The van der Waals surface area contributed by atoms with Crippen LogP contribution in [-0.2, 0) is 9.53 Å². The van der Waals surface area contributed by atoms with Crippen molar-refractivity contribution in [2.75, 3.05) is 13.1 Å². The first-order valence-electron chi connectivity index (χ1n) is 11.1. The lowest BCUT2D eigenvalue weighted by atomic mass is 9.91. The lowest BCUT2D eigenvalue weighted by molar-refractivity contribution is -0.134. The number of amides is 2. The number of rotatable bonds is 4. The lowest BCUT2D eigenvalue weighted by Gasteiger charge is -2.32. The van der Waals surface area contributed by atoms with Crippen molar-refractivity contribution in [3.05, 3.63) is 35.8 Å². The van der Waals surface area contributed by atoms with Gasteiger partial charge in [-0.3, -0.25) is 4.79 Å². The van der Waals surface area contributed by atoms with Crippen molar-refractivity contribution in [2.45, 2.75) is 70.2 Å². The molecule has 1 aromatic heterocycles. The number of alkyl carbamates (subject to hydrolysis) is 1. The molecular formula is C23H31FN4O3S. The van der Waals surface area contributed by atoms with E-state index < -0.39 is 17.7 Å². The number of fused-ring (bicyclic) bond motifs is 2. The summed E-state index contributed by atoms with van der Waals surface area (Å²) in [5.74, 6) is -0.365. The Balaban J connectivity index is 1.58. The highest BCUT2D eigenvalue weighted by atomic mass is 32.1. The Morgan fingerprint density at radius 3 is 2.81 bits per heavy atom. The average molecular weight is 463 g/mol. The molecule has 4 rings (SSSR count). The minimum absolute atomic E-state index is 0.0298. The van der Waals surface area contributed by atoms with Crippen LogP contribution in [0, 0.1) is 5.82 Å². The molecule has 1 aromatic carbocycles. The van der Waals surface area contributed by atoms with Crippen molar-refractivity contribution in [1.82, 2.24) is 19.5 Å². The molecule has 2 fully saturated rings. The molecular weight excluding hydrogens is 431 g/mol. The molecule has 3 heterocycles. The van der Waals surface area contributed by atoms with Crippen molar-refractivity contribution in [3.63, 3.8) is 0 Å². The van der Waals surface area contributed by atoms with Crippen molar-refractivity contribution in [1.29, 1.82) is 0 Å². The minimum atomic E-state index is -0.657. The zero-order valence-electron chi connectivity index (χ0n) is 18.9. The van der Waals surface area contributed by atoms with E-state index in [9.17, 15) is 14.0 Å². The van der Waals surface area contributed by atoms with Gasteiger partial charge in [0.2, 0.25) is 5.91 Å². The van der Waals surface area contributed by atoms with Gasteiger partial charge in [0.15, 0.2) is 0 Å². The largest absolute Gasteiger partial charge is 0.444 e. The molecule has 0 aliphatic carbocycles. The minimum Gasteiger partial charge on any atom is -0.444 e. The van der Waals surface area contributed by atoms with E-state index in [0.29, 0.717) is 19.5 Å². The molecule has 0 spiro atoms. The topological polar surface area (TPSA) is 77.7 Å². The van der Waals surface area contributed by atoms with Crippen LogP contribution in [0.25, 0.3) is 10.9 Å². The quantitative estimate of drug-likeness (QED) is 0.604. The number of H-pyrrole nitrogens is 1. The number of hydrogen-bond donors (Lipinski definition) is 3. The van der Waals surface area contributed by atoms with Gasteiger partial charge >= 0.3 is 6.09 Å². The van der Waals surface area contributed by atoms with Gasteiger partial charge in [0.25, 0.3) is 0 Å². The normalized spacial score (nSPS) is 24.6. The number of nitrogens with one attached hydrogen (secondary N) is 2. The summed E-state index contributed by atoms with van der Waals surface area (Å²) in [6.45, 7) is 8.53. The third kappa shape index (κ3) is 4.32. The number of thiol groups is 1. The van der Waals surface area contributed by atoms with Crippen LogP contribution in [0.1, 0.15) is 52.0 Å². The maximum absolute atomic E-state index is 13.7. The van der Waals surface area contributed by atoms with Crippen molar-refractivity contribution in [3.8, 4) is 0 Å². The number of carbonyl (C=O) groups is 2. The number of ether oxygens (including phenoxy) is 1. The summed E-state index contributed by atoms with van der Waals surface area (Å²) in [7, 11) is 0. The number of aromatic amines is 1. The lowest BCUT2D eigenvalue weighted by Crippen LogP contribution is -2.52. The van der Waals surface area contributed by atoms with Gasteiger partial charge in [0.05, 0.1) is 6.04 Å². The summed E-state index contributed by atoms with van der Waals surface area (Å²) in [6, 6.07) is 4.12. The van der Waals surface area contributed by atoms with Crippen LogP contribution < -0.4 is 5.32 Å². The molecule has 2 amide bonds. The molecule has 0 radical (unpaired) electrons. The van der Waals surface area contributed by atoms with Crippen LogP contribution in [0.15, 0.2) is 24.4 Å². The molecule has 32 heavy (non-hydrogen) atoms. The fraction of sp³-hybridized carbons (Fsp3) is 0.565. The highest BCUT2D eigenvalue weighted by Crippen LogP contribution is 2.43. The predicted molar refractivity (Wildman–Crippen MR) is 124 cm³/mol. The fourth-order valence-corrected chi connectivity index (χ4v) is 5.44. The molecule has 4 atom stereocenters. The van der Waals surface area contributed by atoms with Crippen molar-refractivity contribution < 1.29 is 18.7 Å². The average Bonchev–Trinajstić information content (AvgIpc) is 3.39. The molecule has 2 N–H and O–H groups in total. The Kier molecular flexibility index (Phi) is 6.15. The smallest absolute Gasteiger partial charge is 0.408 e. The zero-order valence-corrected chi connectivity index (χ0v) is 19.8. The van der Waals surface area contributed by atoms with Gasteiger partial charge in [0.1, 0.15) is 17.5 Å². The molecule has 2 aromatic rings. The number of nitrogens with zero attached hydrogens (tertiary/aromatic N) is 2. The molecule has 0 unspecified atom stereocenters. The van der Waals surface area contributed by atoms with Crippen molar-refractivity contribution in [2.24, 2.45) is 0 Å². The summed E-state index contributed by atoms with van der Waals surface area (Å²) in [4.78, 5) is 30.9. The number of carbonyl (C=O) groups excluding carboxylic acids is 2. The Morgan fingerprint density at radius 2 is 2.12 bits per heavy atom. The van der Waals surface area contributed by atoms with Gasteiger partial charge in [-0.25, -0.2) is 13.5 Å². The van der Waals surface area contributed by atoms with E-state index in [1.54, 1.807) is 26.8 Å². The first kappa shape index (κ1) is 22.9. The molecule has 2 aliphatic rings. The van der Waals surface area contributed by atoms with Crippen LogP contribution >= 0.6 is 12.8 Å². The van der Waals surface area contributed by atoms with Crippen molar-refractivity contribution >= 4 is 35.7 Å². The van der Waals surface area contributed by atoms with E-state index in [0.717, 1.165) is 22.9 Å². The second-order valence-corrected chi connectivity index (χ2v) is 10.2. The molecule has 174 valence electrons. The van der Waals surface area contributed by atoms with Gasteiger partial charge in [-0.05, 0) is 57.4 Å². The summed E-state index contributed by atoms with van der Waals surface area (Å²) in [5, 5.41) is 3.70. The number of halogens is 1. The SMILES string of the molecule is CC[C@H](NC(=O)OC(C)(C)C)C(=O)N1CC[C@@H]2[C@H]1[C@H](c1c[nH]c3cc(F)ccc13)CN2S. The molecule has 0 bridgehead atoms. The van der Waals surface area contributed by atoms with E-state index in [1.807, 2.05) is 22.3 Å². The highest BCUT2D eigenvalue weighted by Gasteiger charge is 2.51. The second-order valence-electron chi connectivity index (χ2n) is 9.65. The van der Waals surface area contributed by atoms with Gasteiger partial charge < -0.3 is 19.9 Å². The monoisotopic (exact) mass is 462 g/mol. The molecule has 2 aliphatic heterocycles. The van der Waals surface area contributed by atoms with Gasteiger partial charge in [-0.15, -0.1) is 0 Å². The van der Waals surface area contributed by atoms with Gasteiger partial charge in [-0.2, -0.15) is 0 Å². The molecule has 7 nitrogen and oxygen atoms in total. The van der Waals surface area contributed by atoms with Crippen LogP contribution in [-0.4, -0.2) is 63.0 Å². The van der Waals surface area contributed by atoms with Gasteiger partial charge in [-0.1, -0.05) is 19.7 Å². The van der Waals surface area contributed by atoms with Crippen LogP contribution in [0.3, 0.4) is 0 Å². The standard InChI is InChI=1S/C23H31FN4O3S/c1-5-17(26-22(30)31-23(2,3)4)21(29)27-9-8-19-20(27)16(12-28(19)32)15-11-25-18-10-13(24)6-7-14(15)18/h6-7,10-11,16-17,19-20,25,32H,5,8-9,12H2,1-4H3,(H,26,30)/t16-,17-,19+,20+/m0/s1. The van der Waals surface area contributed by atoms with Crippen LogP contribution in [0.4, 0.5) is 9.18 Å². The first-order valence-corrected chi connectivity index (χ1v) is 11.5. The highest BCUT2D eigenvalue weighted by molar-refractivity contribution is 7.77. The van der Waals surface area contributed by atoms with E-state index in [4.69, 9.17) is 4.74 Å². The number of likely N-dealkylation sites (tertiary alicyclic amines) is 1. The Morgan fingerprint density at radius 1 is 1.38 bits per heavy atom. The maximum Gasteiger partial charge on any atom is 0.408 e. The van der Waals surface area contributed by atoms with E-state index in [-0.39, 0.29) is 29.7 Å². The molecule has 9 heteroatoms. The van der Waals surface area contributed by atoms with Crippen LogP contribution in [0.5, 0.6) is 0 Å². The Hall–Kier alpha value is -2.26. The number of hydrogen-bond acceptors (Lipinski definition) is 5. The fourth-order valence-electron chi connectivity index (χ4n) is 5.01. The maximum atomic E-state index is 13.7. The van der Waals surface area contributed by atoms with E-state index in [1.165, 1.54) is 12.1 Å². The third-order valence-corrected chi connectivity index (χ3v) is 6.81.